The van der Waals surface area contributed by atoms with Crippen molar-refractivity contribution in [2.75, 3.05) is 0 Å². The molecular weight excluding hydrogens is 578 g/mol. The van der Waals surface area contributed by atoms with Crippen molar-refractivity contribution in [2.45, 2.75) is 73.2 Å². The predicted molar refractivity (Wildman–Crippen MR) is 162 cm³/mol. The molecule has 0 spiro atoms. The third kappa shape index (κ3) is 6.11. The van der Waals surface area contributed by atoms with E-state index in [-0.39, 0.29) is 9.49 Å². The van der Waals surface area contributed by atoms with Crippen LogP contribution in [0.2, 0.25) is 0 Å². The minimum atomic E-state index is -4.37. The molecule has 6 rings (SSSR count). The highest BCUT2D eigenvalue weighted by Crippen LogP contribution is 2.62. The SMILES string of the molecule is FC(F)(F)c1ccc(-c2cccc(C3(SC4(c5cccc(-c6ccc(C(F)(F)F)cc6)c5)CCCC4)CCCC3)c2)cc1. The molecule has 0 bridgehead atoms. The van der Waals surface area contributed by atoms with Crippen LogP contribution >= 0.6 is 11.8 Å². The lowest BCUT2D eigenvalue weighted by atomic mass is 9.92. The van der Waals surface area contributed by atoms with Crippen LogP contribution in [0.5, 0.6) is 0 Å². The summed E-state index contributed by atoms with van der Waals surface area (Å²) in [6.07, 6.45) is -0.211. The van der Waals surface area contributed by atoms with Crippen molar-refractivity contribution in [3.05, 3.63) is 119 Å². The van der Waals surface area contributed by atoms with Gasteiger partial charge in [-0.3, -0.25) is 0 Å². The average Bonchev–Trinajstić information content (AvgIpc) is 3.68. The van der Waals surface area contributed by atoms with E-state index in [4.69, 9.17) is 0 Å². The van der Waals surface area contributed by atoms with Gasteiger partial charge in [-0.25, -0.2) is 0 Å². The predicted octanol–water partition coefficient (Wildman–Crippen LogP) is 12.0. The van der Waals surface area contributed by atoms with Crippen LogP contribution < -0.4 is 0 Å². The Morgan fingerprint density at radius 1 is 0.442 bits per heavy atom. The molecule has 4 aromatic rings. The maximum Gasteiger partial charge on any atom is 0.416 e. The normalized spacial score (nSPS) is 18.2. The molecule has 0 saturated heterocycles. The molecule has 0 N–H and O–H groups in total. The van der Waals surface area contributed by atoms with Gasteiger partial charge in [0.2, 0.25) is 0 Å². The number of halogens is 6. The molecule has 0 atom stereocenters. The Balaban J connectivity index is 1.33. The number of hydrogen-bond acceptors (Lipinski definition) is 1. The third-order valence-corrected chi connectivity index (χ3v) is 11.2. The van der Waals surface area contributed by atoms with Crippen molar-refractivity contribution in [2.24, 2.45) is 0 Å². The molecular formula is C36H32F6S. The smallest absolute Gasteiger partial charge is 0.166 e. The van der Waals surface area contributed by atoms with Gasteiger partial charge in [-0.15, -0.1) is 11.8 Å². The van der Waals surface area contributed by atoms with Gasteiger partial charge < -0.3 is 0 Å². The molecule has 0 aromatic heterocycles. The van der Waals surface area contributed by atoms with Gasteiger partial charge in [-0.2, -0.15) is 26.3 Å². The monoisotopic (exact) mass is 610 g/mol. The molecule has 0 radical (unpaired) electrons. The minimum Gasteiger partial charge on any atom is -0.166 e. The van der Waals surface area contributed by atoms with Crippen LogP contribution in [0.15, 0.2) is 97.1 Å². The molecule has 7 heteroatoms. The van der Waals surface area contributed by atoms with Gasteiger partial charge in [0.25, 0.3) is 0 Å². The summed E-state index contributed by atoms with van der Waals surface area (Å²) in [7, 11) is 0. The van der Waals surface area contributed by atoms with Gasteiger partial charge in [0.15, 0.2) is 0 Å². The van der Waals surface area contributed by atoms with Crippen LogP contribution in [-0.4, -0.2) is 0 Å². The zero-order chi connectivity index (χ0) is 30.3. The number of benzene rings is 4. The summed E-state index contributed by atoms with van der Waals surface area (Å²) in [5, 5.41) is 0. The van der Waals surface area contributed by atoms with E-state index in [1.54, 1.807) is 24.3 Å². The second-order valence-corrected chi connectivity index (χ2v) is 13.6. The summed E-state index contributed by atoms with van der Waals surface area (Å²) >= 11 is 2.04. The Labute approximate surface area is 252 Å². The largest absolute Gasteiger partial charge is 0.416 e. The molecule has 0 amide bonds. The van der Waals surface area contributed by atoms with E-state index in [9.17, 15) is 26.3 Å². The first-order valence-corrected chi connectivity index (χ1v) is 15.6. The Morgan fingerprint density at radius 2 is 0.791 bits per heavy atom. The Hall–Kier alpha value is -3.19. The molecule has 2 aliphatic rings. The van der Waals surface area contributed by atoms with Gasteiger partial charge in [0, 0.05) is 9.49 Å². The molecule has 0 heterocycles. The minimum absolute atomic E-state index is 0.128. The van der Waals surface area contributed by atoms with E-state index in [0.717, 1.165) is 97.9 Å². The third-order valence-electron chi connectivity index (χ3n) is 9.08. The quantitative estimate of drug-likeness (QED) is 0.196. The van der Waals surface area contributed by atoms with Crippen molar-refractivity contribution < 1.29 is 26.3 Å². The fourth-order valence-corrected chi connectivity index (χ4v) is 9.06. The number of hydrogen-bond donors (Lipinski definition) is 0. The maximum absolute atomic E-state index is 13.1. The second kappa shape index (κ2) is 11.4. The number of rotatable bonds is 6. The highest BCUT2D eigenvalue weighted by atomic mass is 32.2. The van der Waals surface area contributed by atoms with Crippen LogP contribution in [0, 0.1) is 0 Å². The molecule has 2 aliphatic carbocycles. The standard InChI is InChI=1S/C36H32F6S/c37-35(38,39)29-15-11-25(12-16-29)27-7-5-9-31(23-27)33(19-1-2-20-33)43-34(21-3-4-22-34)32-10-6-8-28(24-32)26-13-17-30(18-14-26)36(40,41)42/h5-18,23-24H,1-4,19-22H2. The van der Waals surface area contributed by atoms with Crippen LogP contribution in [0.1, 0.15) is 73.6 Å². The van der Waals surface area contributed by atoms with Gasteiger partial charge in [-0.05, 0) is 95.5 Å². The summed E-state index contributed by atoms with van der Waals surface area (Å²) in [6.45, 7) is 0. The van der Waals surface area contributed by atoms with Gasteiger partial charge in [0.05, 0.1) is 11.1 Å². The number of thioether (sulfide) groups is 1. The topological polar surface area (TPSA) is 0 Å². The lowest BCUT2D eigenvalue weighted by Gasteiger charge is -2.40. The maximum atomic E-state index is 13.1. The summed E-state index contributed by atoms with van der Waals surface area (Å²) in [5.74, 6) is 0. The van der Waals surface area contributed by atoms with Gasteiger partial charge in [0.1, 0.15) is 0 Å². The molecule has 0 nitrogen and oxygen atoms in total. The van der Waals surface area contributed by atoms with E-state index in [1.807, 2.05) is 36.0 Å². The molecule has 4 aromatic carbocycles. The fraction of sp³-hybridized carbons (Fsp3) is 0.333. The van der Waals surface area contributed by atoms with E-state index in [2.05, 4.69) is 24.3 Å². The molecule has 224 valence electrons. The van der Waals surface area contributed by atoms with E-state index < -0.39 is 23.5 Å². The zero-order valence-electron chi connectivity index (χ0n) is 23.6. The van der Waals surface area contributed by atoms with Crippen molar-refractivity contribution in [1.82, 2.24) is 0 Å². The Morgan fingerprint density at radius 3 is 1.12 bits per heavy atom. The zero-order valence-corrected chi connectivity index (χ0v) is 24.4. The summed E-state index contributed by atoms with van der Waals surface area (Å²) in [4.78, 5) is 0. The van der Waals surface area contributed by atoms with Crippen LogP contribution in [0.3, 0.4) is 0 Å². The first kappa shape index (κ1) is 29.9. The molecule has 0 unspecified atom stereocenters. The molecule has 43 heavy (non-hydrogen) atoms. The highest BCUT2D eigenvalue weighted by Gasteiger charge is 2.47. The van der Waals surface area contributed by atoms with Crippen molar-refractivity contribution in [3.8, 4) is 22.3 Å². The second-order valence-electron chi connectivity index (χ2n) is 11.8. The summed E-state index contributed by atoms with van der Waals surface area (Å²) < 4.78 is 78.6. The van der Waals surface area contributed by atoms with Crippen LogP contribution in [0.4, 0.5) is 26.3 Å². The highest BCUT2D eigenvalue weighted by molar-refractivity contribution is 8.01. The number of alkyl halides is 6. The van der Waals surface area contributed by atoms with E-state index in [1.165, 1.54) is 11.1 Å². The van der Waals surface area contributed by atoms with E-state index >= 15 is 0 Å². The van der Waals surface area contributed by atoms with Gasteiger partial charge >= 0.3 is 12.4 Å². The van der Waals surface area contributed by atoms with Crippen LogP contribution in [0.25, 0.3) is 22.3 Å². The lowest BCUT2D eigenvalue weighted by molar-refractivity contribution is -0.138. The lowest BCUT2D eigenvalue weighted by Crippen LogP contribution is -2.28. The van der Waals surface area contributed by atoms with Crippen molar-refractivity contribution in [3.63, 3.8) is 0 Å². The first-order valence-electron chi connectivity index (χ1n) is 14.7. The van der Waals surface area contributed by atoms with E-state index in [0.29, 0.717) is 0 Å². The van der Waals surface area contributed by atoms with Crippen molar-refractivity contribution >= 4 is 11.8 Å². The molecule has 0 aliphatic heterocycles. The van der Waals surface area contributed by atoms with Crippen LogP contribution in [-0.2, 0) is 21.8 Å². The molecule has 2 fully saturated rings. The van der Waals surface area contributed by atoms with Gasteiger partial charge in [-0.1, -0.05) is 86.3 Å². The Kier molecular flexibility index (Phi) is 7.91. The average molecular weight is 611 g/mol. The van der Waals surface area contributed by atoms with Crippen molar-refractivity contribution in [1.29, 1.82) is 0 Å². The fourth-order valence-electron chi connectivity index (χ4n) is 6.83. The Bertz CT molecular complexity index is 1440. The summed E-state index contributed by atoms with van der Waals surface area (Å²) in [5.41, 5.74) is 4.43. The molecule has 2 saturated carbocycles. The summed E-state index contributed by atoms with van der Waals surface area (Å²) in [6, 6.07) is 27.3. The first-order chi connectivity index (χ1) is 20.5.